The molecule has 29 heavy (non-hydrogen) atoms. The Hall–Kier alpha value is -1.72. The molecule has 11 heteroatoms. The molecule has 1 saturated heterocycles. The number of hydrogen-bond donors (Lipinski definition) is 3. The molecule has 0 aliphatic carbocycles. The molecule has 1 amide bonds. The quantitative estimate of drug-likeness (QED) is 0.485. The van der Waals surface area contributed by atoms with Gasteiger partial charge in [-0.2, -0.15) is 0 Å². The number of aliphatic hydroxyl groups excluding tert-OH is 1. The van der Waals surface area contributed by atoms with Crippen LogP contribution in [0.5, 0.6) is 0 Å². The summed E-state index contributed by atoms with van der Waals surface area (Å²) in [5, 5.41) is 20.5. The predicted octanol–water partition coefficient (Wildman–Crippen LogP) is 0.231. The third-order valence-corrected chi connectivity index (χ3v) is 6.74. The number of carboxylic acid groups (broad SMARTS) is 1. The molecule has 1 aromatic rings. The number of sulfonamides is 1. The molecule has 0 aromatic heterocycles. The maximum absolute atomic E-state index is 12.0. The van der Waals surface area contributed by atoms with Crippen LogP contribution < -0.4 is 5.32 Å². The van der Waals surface area contributed by atoms with Crippen molar-refractivity contribution in [1.29, 1.82) is 0 Å². The van der Waals surface area contributed by atoms with Crippen LogP contribution in [0.4, 0.5) is 0 Å². The number of amides is 1. The van der Waals surface area contributed by atoms with Crippen LogP contribution in [0, 0.1) is 5.92 Å². The number of likely N-dealkylation sites (tertiary alicyclic amines) is 1. The highest BCUT2D eigenvalue weighted by atomic mass is 35.5. The van der Waals surface area contributed by atoms with Gasteiger partial charge >= 0.3 is 0 Å². The van der Waals surface area contributed by atoms with Gasteiger partial charge in [-0.3, -0.25) is 14.5 Å². The van der Waals surface area contributed by atoms with Crippen LogP contribution in [0.25, 0.3) is 0 Å². The lowest BCUT2D eigenvalue weighted by molar-refractivity contribution is -0.123. The Labute approximate surface area is 176 Å². The highest BCUT2D eigenvalue weighted by Gasteiger charge is 2.35. The number of hydrogen-bond acceptors (Lipinski definition) is 6. The molecule has 1 aromatic carbocycles. The molecule has 0 bridgehead atoms. The van der Waals surface area contributed by atoms with Crippen LogP contribution in [0.2, 0.25) is 5.02 Å². The second kappa shape index (κ2) is 12.1. The molecule has 0 unspecified atom stereocenters. The molecule has 1 aliphatic rings. The van der Waals surface area contributed by atoms with Crippen LogP contribution in [-0.4, -0.2) is 85.8 Å². The lowest BCUT2D eigenvalue weighted by atomic mass is 10.1. The van der Waals surface area contributed by atoms with Gasteiger partial charge in [-0.1, -0.05) is 23.7 Å². The zero-order chi connectivity index (χ0) is 22.0. The van der Waals surface area contributed by atoms with Crippen molar-refractivity contribution in [3.05, 3.63) is 34.9 Å². The molecule has 0 radical (unpaired) electrons. The summed E-state index contributed by atoms with van der Waals surface area (Å²) >= 11 is 5.82. The molecule has 1 fully saturated rings. The first-order valence-corrected chi connectivity index (χ1v) is 11.0. The molecule has 2 atom stereocenters. The van der Waals surface area contributed by atoms with E-state index in [9.17, 15) is 18.3 Å². The Morgan fingerprint density at radius 1 is 1.31 bits per heavy atom. The standard InChI is InChI=1S/C17H26ClN3O4S.CH2O2/c1-20(2)26(24,25)12-14-10-21(11-16(14)22)8-7-17(23)19-9-13-3-5-15(18)6-4-13;2-1-3/h3-6,14,16,22H,7-12H2,1-2H3,(H,19,23);1H,(H,2,3)/t14-,16-;/m0./s1. The smallest absolute Gasteiger partial charge is 0.290 e. The van der Waals surface area contributed by atoms with Crippen molar-refractivity contribution in [3.8, 4) is 0 Å². The summed E-state index contributed by atoms with van der Waals surface area (Å²) in [4.78, 5) is 22.3. The monoisotopic (exact) mass is 449 g/mol. The van der Waals surface area contributed by atoms with Gasteiger partial charge < -0.3 is 15.5 Å². The molecule has 0 saturated carbocycles. The van der Waals surface area contributed by atoms with E-state index < -0.39 is 16.1 Å². The Balaban J connectivity index is 0.00000132. The fourth-order valence-corrected chi connectivity index (χ4v) is 4.15. The van der Waals surface area contributed by atoms with Crippen molar-refractivity contribution in [2.24, 2.45) is 5.92 Å². The number of aliphatic hydroxyl groups is 1. The van der Waals surface area contributed by atoms with Crippen LogP contribution >= 0.6 is 11.6 Å². The van der Waals surface area contributed by atoms with E-state index in [1.807, 2.05) is 17.0 Å². The van der Waals surface area contributed by atoms with E-state index in [2.05, 4.69) is 5.32 Å². The number of nitrogens with zero attached hydrogens (tertiary/aromatic N) is 2. The SMILES string of the molecule is CN(C)S(=O)(=O)C[C@@H]1CN(CCC(=O)NCc2ccc(Cl)cc2)C[C@@H]1O.O=CO. The number of halogens is 1. The van der Waals surface area contributed by atoms with Crippen LogP contribution in [0.3, 0.4) is 0 Å². The number of rotatable bonds is 8. The minimum Gasteiger partial charge on any atom is -0.483 e. The lowest BCUT2D eigenvalue weighted by Crippen LogP contribution is -2.33. The summed E-state index contributed by atoms with van der Waals surface area (Å²) in [7, 11) is -0.382. The van der Waals surface area contributed by atoms with E-state index in [1.165, 1.54) is 18.4 Å². The highest BCUT2D eigenvalue weighted by Crippen LogP contribution is 2.20. The number of β-amino-alcohol motifs (C(OH)–C–C–N with tert-alkyl or cyclic N) is 1. The molecule has 0 spiro atoms. The van der Waals surface area contributed by atoms with Gasteiger partial charge in [0.25, 0.3) is 6.47 Å². The first-order chi connectivity index (χ1) is 13.6. The average molecular weight is 450 g/mol. The van der Waals surface area contributed by atoms with Crippen LogP contribution in [-0.2, 0) is 26.2 Å². The van der Waals surface area contributed by atoms with Crippen molar-refractivity contribution in [1.82, 2.24) is 14.5 Å². The minimum absolute atomic E-state index is 0.0829. The van der Waals surface area contributed by atoms with Crippen molar-refractivity contribution in [2.75, 3.05) is 39.5 Å². The van der Waals surface area contributed by atoms with E-state index in [0.29, 0.717) is 37.6 Å². The first kappa shape index (κ1) is 25.3. The van der Waals surface area contributed by atoms with Crippen molar-refractivity contribution < 1.29 is 28.2 Å². The summed E-state index contributed by atoms with van der Waals surface area (Å²) in [6.07, 6.45) is -0.394. The largest absolute Gasteiger partial charge is 0.483 e. The average Bonchev–Trinajstić information content (AvgIpc) is 2.99. The molecule has 1 heterocycles. The van der Waals surface area contributed by atoms with Gasteiger partial charge in [0.05, 0.1) is 11.9 Å². The third kappa shape index (κ3) is 9.09. The Morgan fingerprint density at radius 3 is 2.45 bits per heavy atom. The van der Waals surface area contributed by atoms with Crippen molar-refractivity contribution in [2.45, 2.75) is 19.1 Å². The normalized spacial score (nSPS) is 19.5. The van der Waals surface area contributed by atoms with E-state index in [1.54, 1.807) is 12.1 Å². The van der Waals surface area contributed by atoms with Crippen molar-refractivity contribution in [3.63, 3.8) is 0 Å². The zero-order valence-corrected chi connectivity index (χ0v) is 18.1. The summed E-state index contributed by atoms with van der Waals surface area (Å²) in [6.45, 7) is 1.53. The summed E-state index contributed by atoms with van der Waals surface area (Å²) < 4.78 is 25.1. The lowest BCUT2D eigenvalue weighted by Gasteiger charge is -2.18. The first-order valence-electron chi connectivity index (χ1n) is 8.98. The summed E-state index contributed by atoms with van der Waals surface area (Å²) in [5.41, 5.74) is 0.966. The highest BCUT2D eigenvalue weighted by molar-refractivity contribution is 7.89. The predicted molar refractivity (Wildman–Crippen MR) is 110 cm³/mol. The van der Waals surface area contributed by atoms with Gasteiger partial charge in [0.15, 0.2) is 0 Å². The summed E-state index contributed by atoms with van der Waals surface area (Å²) in [6, 6.07) is 7.26. The molecule has 164 valence electrons. The maximum atomic E-state index is 12.0. The van der Waals surface area contributed by atoms with E-state index in [4.69, 9.17) is 21.5 Å². The molecule has 9 nitrogen and oxygen atoms in total. The van der Waals surface area contributed by atoms with Gasteiger partial charge in [0.1, 0.15) is 0 Å². The van der Waals surface area contributed by atoms with E-state index in [-0.39, 0.29) is 24.1 Å². The number of carbonyl (C=O) groups excluding carboxylic acids is 1. The number of carbonyl (C=O) groups is 2. The molecule has 2 rings (SSSR count). The molecular weight excluding hydrogens is 422 g/mol. The topological polar surface area (TPSA) is 127 Å². The Bertz CT molecular complexity index is 757. The Kier molecular flexibility index (Phi) is 10.5. The van der Waals surface area contributed by atoms with Crippen LogP contribution in [0.1, 0.15) is 12.0 Å². The van der Waals surface area contributed by atoms with Gasteiger partial charge in [-0.15, -0.1) is 0 Å². The summed E-state index contributed by atoms with van der Waals surface area (Å²) in [5.74, 6) is -0.501. The van der Waals surface area contributed by atoms with Gasteiger partial charge in [0, 0.05) is 57.6 Å². The Morgan fingerprint density at radius 2 is 1.90 bits per heavy atom. The third-order valence-electron chi connectivity index (χ3n) is 4.52. The second-order valence-electron chi connectivity index (χ2n) is 6.91. The van der Waals surface area contributed by atoms with E-state index >= 15 is 0 Å². The van der Waals surface area contributed by atoms with E-state index in [0.717, 1.165) is 5.56 Å². The molecule has 3 N–H and O–H groups in total. The van der Waals surface area contributed by atoms with Crippen LogP contribution in [0.15, 0.2) is 24.3 Å². The second-order valence-corrected chi connectivity index (χ2v) is 9.57. The molecular formula is C18H28ClN3O6S. The fourth-order valence-electron chi connectivity index (χ4n) is 2.86. The maximum Gasteiger partial charge on any atom is 0.290 e. The van der Waals surface area contributed by atoms with Crippen molar-refractivity contribution >= 4 is 34.0 Å². The fraction of sp³-hybridized carbons (Fsp3) is 0.556. The van der Waals surface area contributed by atoms with Gasteiger partial charge in [-0.05, 0) is 17.7 Å². The zero-order valence-electron chi connectivity index (χ0n) is 16.5. The minimum atomic E-state index is -3.35. The van der Waals surface area contributed by atoms with Gasteiger partial charge in [0.2, 0.25) is 15.9 Å². The molecule has 1 aliphatic heterocycles. The van der Waals surface area contributed by atoms with Gasteiger partial charge in [-0.25, -0.2) is 12.7 Å². The number of nitrogens with one attached hydrogen (secondary N) is 1. The number of benzene rings is 1.